The second-order valence-electron chi connectivity index (χ2n) is 7.79. The van der Waals surface area contributed by atoms with Crippen LogP contribution in [-0.2, 0) is 4.79 Å². The number of anilines is 2. The van der Waals surface area contributed by atoms with Crippen LogP contribution in [0.15, 0.2) is 30.7 Å². The minimum atomic E-state index is -1.20. The van der Waals surface area contributed by atoms with Crippen molar-refractivity contribution in [3.8, 4) is 6.07 Å². The fraction of sp³-hybridized carbons (Fsp3) is 0.381. The third-order valence-corrected chi connectivity index (χ3v) is 5.45. The zero-order chi connectivity index (χ0) is 22.7. The van der Waals surface area contributed by atoms with Gasteiger partial charge in [-0.2, -0.15) is 15.2 Å². The van der Waals surface area contributed by atoms with Crippen LogP contribution in [0.1, 0.15) is 24.8 Å². The van der Waals surface area contributed by atoms with Crippen molar-refractivity contribution < 1.29 is 9.18 Å². The Morgan fingerprint density at radius 1 is 1.41 bits per heavy atom. The highest BCUT2D eigenvalue weighted by atomic mass is 19.1. The van der Waals surface area contributed by atoms with E-state index in [1.165, 1.54) is 17.2 Å². The Balaban J connectivity index is 1.64. The Labute approximate surface area is 184 Å². The van der Waals surface area contributed by atoms with Gasteiger partial charge in [0, 0.05) is 37.7 Å². The molecule has 2 atom stereocenters. The summed E-state index contributed by atoms with van der Waals surface area (Å²) in [5, 5.41) is 26.8. The summed E-state index contributed by atoms with van der Waals surface area (Å²) in [5.41, 5.74) is 1.17. The average molecular weight is 437 g/mol. The van der Waals surface area contributed by atoms with E-state index < -0.39 is 12.2 Å². The van der Waals surface area contributed by atoms with Crippen molar-refractivity contribution in [1.29, 1.82) is 10.7 Å². The molecule has 0 bridgehead atoms. The van der Waals surface area contributed by atoms with E-state index in [2.05, 4.69) is 43.6 Å². The van der Waals surface area contributed by atoms with E-state index in [0.717, 1.165) is 19.1 Å². The second kappa shape index (κ2) is 9.05. The Hall–Kier alpha value is -3.94. The number of hydrogen-bond acceptors (Lipinski definition) is 8. The molecule has 4 rings (SSSR count). The van der Waals surface area contributed by atoms with E-state index in [4.69, 9.17) is 5.41 Å². The van der Waals surface area contributed by atoms with E-state index in [0.29, 0.717) is 34.9 Å². The van der Waals surface area contributed by atoms with Crippen molar-refractivity contribution in [2.24, 2.45) is 0 Å². The number of halogens is 1. The van der Waals surface area contributed by atoms with Gasteiger partial charge in [0.15, 0.2) is 0 Å². The number of piperidine rings is 1. The van der Waals surface area contributed by atoms with E-state index in [-0.39, 0.29) is 30.6 Å². The molecule has 2 aromatic rings. The molecule has 32 heavy (non-hydrogen) atoms. The Kier molecular flexibility index (Phi) is 6.02. The van der Waals surface area contributed by atoms with E-state index in [1.54, 1.807) is 6.20 Å². The minimum Gasteiger partial charge on any atom is -0.386 e. The molecular weight excluding hydrogens is 413 g/mol. The SMILES string of the molecule is C=CC(=O)N1CC[C@@H](F)[C@@H](Nc2nc(N/C(C=N)=C/NC3CC3)nc3[nH]cc(C#N)c23)C1. The molecule has 2 aliphatic rings. The van der Waals surface area contributed by atoms with Crippen LogP contribution < -0.4 is 16.0 Å². The molecule has 2 aromatic heterocycles. The van der Waals surface area contributed by atoms with Gasteiger partial charge >= 0.3 is 0 Å². The largest absolute Gasteiger partial charge is 0.386 e. The number of H-pyrrole nitrogens is 1. The molecule has 5 N–H and O–H groups in total. The third kappa shape index (κ3) is 4.54. The van der Waals surface area contributed by atoms with Gasteiger partial charge in [-0.25, -0.2) is 4.39 Å². The van der Waals surface area contributed by atoms with Crippen molar-refractivity contribution in [3.63, 3.8) is 0 Å². The lowest BCUT2D eigenvalue weighted by atomic mass is 10.0. The maximum Gasteiger partial charge on any atom is 0.246 e. The summed E-state index contributed by atoms with van der Waals surface area (Å²) in [6.45, 7) is 3.95. The molecule has 2 fully saturated rings. The van der Waals surface area contributed by atoms with Crippen LogP contribution in [0, 0.1) is 16.7 Å². The van der Waals surface area contributed by atoms with E-state index in [1.807, 2.05) is 0 Å². The van der Waals surface area contributed by atoms with Gasteiger partial charge in [-0.15, -0.1) is 0 Å². The number of nitrogens with one attached hydrogen (secondary N) is 5. The molecule has 1 aliphatic heterocycles. The third-order valence-electron chi connectivity index (χ3n) is 5.45. The summed E-state index contributed by atoms with van der Waals surface area (Å²) in [6, 6.07) is 1.79. The van der Waals surface area contributed by atoms with Gasteiger partial charge < -0.3 is 31.2 Å². The molecule has 0 unspecified atom stereocenters. The quantitative estimate of drug-likeness (QED) is 0.314. The Morgan fingerprint density at radius 2 is 2.22 bits per heavy atom. The highest BCUT2D eigenvalue weighted by Crippen LogP contribution is 2.28. The summed E-state index contributed by atoms with van der Waals surface area (Å²) in [4.78, 5) is 25.3. The number of nitriles is 1. The van der Waals surface area contributed by atoms with E-state index >= 15 is 0 Å². The number of aromatic amines is 1. The monoisotopic (exact) mass is 437 g/mol. The van der Waals surface area contributed by atoms with Crippen molar-refractivity contribution in [1.82, 2.24) is 25.2 Å². The predicted molar refractivity (Wildman–Crippen MR) is 119 cm³/mol. The summed E-state index contributed by atoms with van der Waals surface area (Å²) < 4.78 is 14.7. The molecule has 1 saturated heterocycles. The van der Waals surface area contributed by atoms with Gasteiger partial charge in [-0.1, -0.05) is 6.58 Å². The normalized spacial score (nSPS) is 21.0. The standard InChI is InChI=1S/C21H24FN9O/c1-2-17(32)31-6-5-15(22)16(11-31)28-20-18-12(7-23)9-26-19(18)29-21(30-20)27-14(8-24)10-25-13-3-4-13/h2,8-10,13,15-16,24-25H,1,3-6,11H2,(H3,26,27,28,29,30)/b14-10+,24-8?/t15-,16+/m1/s1. The first-order valence-corrected chi connectivity index (χ1v) is 10.4. The number of hydrogen-bond donors (Lipinski definition) is 5. The molecule has 0 radical (unpaired) electrons. The topological polar surface area (TPSA) is 146 Å². The molecule has 166 valence electrons. The van der Waals surface area contributed by atoms with Crippen LogP contribution in [-0.4, -0.2) is 63.3 Å². The van der Waals surface area contributed by atoms with E-state index in [9.17, 15) is 14.4 Å². The van der Waals surface area contributed by atoms with Crippen LogP contribution >= 0.6 is 0 Å². The summed E-state index contributed by atoms with van der Waals surface area (Å²) in [7, 11) is 0. The van der Waals surface area contributed by atoms with Gasteiger partial charge in [-0.3, -0.25) is 4.79 Å². The number of fused-ring (bicyclic) bond motifs is 1. The first-order chi connectivity index (χ1) is 15.5. The predicted octanol–water partition coefficient (Wildman–Crippen LogP) is 2.02. The molecule has 11 heteroatoms. The molecule has 0 spiro atoms. The minimum absolute atomic E-state index is 0.142. The summed E-state index contributed by atoms with van der Waals surface area (Å²) in [6.07, 6.45) is 6.72. The van der Waals surface area contributed by atoms with Gasteiger partial charge in [0.05, 0.1) is 22.7 Å². The molecular formula is C21H24FN9O. The number of amides is 1. The highest BCUT2D eigenvalue weighted by molar-refractivity contribution is 5.94. The fourth-order valence-electron chi connectivity index (χ4n) is 3.55. The second-order valence-corrected chi connectivity index (χ2v) is 7.79. The molecule has 1 saturated carbocycles. The van der Waals surface area contributed by atoms with Crippen molar-refractivity contribution in [3.05, 3.63) is 36.3 Å². The molecule has 10 nitrogen and oxygen atoms in total. The number of carbonyl (C=O) groups is 1. The van der Waals surface area contributed by atoms with Crippen molar-refractivity contribution in [2.45, 2.75) is 37.5 Å². The first kappa shape index (κ1) is 21.3. The highest BCUT2D eigenvalue weighted by Gasteiger charge is 2.32. The number of alkyl halides is 1. The van der Waals surface area contributed by atoms with Crippen LogP contribution in [0.3, 0.4) is 0 Å². The molecule has 1 aliphatic carbocycles. The lowest BCUT2D eigenvalue weighted by molar-refractivity contribution is -0.127. The number of carbonyl (C=O) groups excluding carboxylic acids is 1. The number of aromatic nitrogens is 3. The number of rotatable bonds is 8. The first-order valence-electron chi connectivity index (χ1n) is 10.4. The zero-order valence-corrected chi connectivity index (χ0v) is 17.4. The van der Waals surface area contributed by atoms with Gasteiger partial charge in [0.2, 0.25) is 11.9 Å². The Bertz CT molecular complexity index is 1110. The number of allylic oxidation sites excluding steroid dienone is 1. The van der Waals surface area contributed by atoms with Crippen LogP contribution in [0.4, 0.5) is 16.2 Å². The van der Waals surface area contributed by atoms with Gasteiger partial charge in [0.1, 0.15) is 23.7 Å². The zero-order valence-electron chi connectivity index (χ0n) is 17.4. The molecule has 3 heterocycles. The lowest BCUT2D eigenvalue weighted by Gasteiger charge is -2.35. The smallest absolute Gasteiger partial charge is 0.246 e. The lowest BCUT2D eigenvalue weighted by Crippen LogP contribution is -2.50. The number of likely N-dealkylation sites (tertiary alicyclic amines) is 1. The van der Waals surface area contributed by atoms with Gasteiger partial charge in [-0.05, 0) is 25.3 Å². The van der Waals surface area contributed by atoms with Crippen LogP contribution in [0.5, 0.6) is 0 Å². The fourth-order valence-corrected chi connectivity index (χ4v) is 3.55. The van der Waals surface area contributed by atoms with Crippen LogP contribution in [0.2, 0.25) is 0 Å². The summed E-state index contributed by atoms with van der Waals surface area (Å²) >= 11 is 0. The number of nitrogens with zero attached hydrogens (tertiary/aromatic N) is 4. The summed E-state index contributed by atoms with van der Waals surface area (Å²) in [5.74, 6) is 0.196. The van der Waals surface area contributed by atoms with Crippen molar-refractivity contribution >= 4 is 34.9 Å². The van der Waals surface area contributed by atoms with Gasteiger partial charge in [0.25, 0.3) is 0 Å². The Morgan fingerprint density at radius 3 is 2.91 bits per heavy atom. The van der Waals surface area contributed by atoms with Crippen molar-refractivity contribution in [2.75, 3.05) is 23.7 Å². The maximum absolute atomic E-state index is 14.7. The molecule has 0 aromatic carbocycles. The van der Waals surface area contributed by atoms with Crippen LogP contribution in [0.25, 0.3) is 11.0 Å². The molecule has 1 amide bonds. The average Bonchev–Trinajstić information content (AvgIpc) is 3.54. The maximum atomic E-state index is 14.7.